The van der Waals surface area contributed by atoms with Crippen molar-refractivity contribution in [2.45, 2.75) is 51.7 Å². The van der Waals surface area contributed by atoms with E-state index >= 15 is 0 Å². The molecule has 7 nitrogen and oxygen atoms in total. The number of benzene rings is 1. The summed E-state index contributed by atoms with van der Waals surface area (Å²) in [6, 6.07) is 7.60. The highest BCUT2D eigenvalue weighted by Gasteiger charge is 2.23. The van der Waals surface area contributed by atoms with E-state index < -0.39 is 0 Å². The van der Waals surface area contributed by atoms with Crippen molar-refractivity contribution in [3.05, 3.63) is 41.5 Å². The van der Waals surface area contributed by atoms with Crippen LogP contribution in [0.3, 0.4) is 0 Å². The normalized spacial score (nSPS) is 16.8. The lowest BCUT2D eigenvalue weighted by molar-refractivity contribution is 0.0835. The summed E-state index contributed by atoms with van der Waals surface area (Å²) in [6.07, 6.45) is 5.19. The Hall–Kier alpha value is -2.41. The number of carbonyl (C=O) groups is 1. The molecule has 0 bridgehead atoms. The molecular weight excluding hydrogens is 320 g/mol. The lowest BCUT2D eigenvalue weighted by Gasteiger charge is -2.07. The predicted octanol–water partition coefficient (Wildman–Crippen LogP) is 3.59. The molecule has 2 heterocycles. The Labute approximate surface area is 147 Å². The fourth-order valence-electron chi connectivity index (χ4n) is 2.71. The van der Waals surface area contributed by atoms with E-state index in [0.717, 1.165) is 31.6 Å². The quantitative estimate of drug-likeness (QED) is 0.801. The molecule has 1 unspecified atom stereocenters. The summed E-state index contributed by atoms with van der Waals surface area (Å²) < 4.78 is 10.7. The van der Waals surface area contributed by atoms with Crippen LogP contribution in [0, 0.1) is 0 Å². The van der Waals surface area contributed by atoms with Crippen molar-refractivity contribution in [3.8, 4) is 0 Å². The van der Waals surface area contributed by atoms with Crippen LogP contribution in [0.15, 0.2) is 28.8 Å². The van der Waals surface area contributed by atoms with E-state index in [2.05, 4.69) is 27.7 Å². The van der Waals surface area contributed by atoms with Crippen molar-refractivity contribution < 1.29 is 14.1 Å². The molecule has 3 rings (SSSR count). The number of hydrogen-bond donors (Lipinski definition) is 2. The van der Waals surface area contributed by atoms with E-state index in [9.17, 15) is 4.79 Å². The molecule has 1 aliphatic heterocycles. The molecule has 0 saturated carbocycles. The summed E-state index contributed by atoms with van der Waals surface area (Å²) in [5, 5.41) is 9.39. The van der Waals surface area contributed by atoms with Crippen molar-refractivity contribution in [1.29, 1.82) is 0 Å². The molecule has 0 spiro atoms. The minimum absolute atomic E-state index is 0.110. The van der Waals surface area contributed by atoms with E-state index in [0.29, 0.717) is 11.7 Å². The summed E-state index contributed by atoms with van der Waals surface area (Å²) in [7, 11) is 0. The standard InChI is InChI=1S/C18H24N4O3/c1-2-3-5-13-7-9-14(10-8-13)20-18(23)19-12-16-21-17(25-22-16)15-6-4-11-24-15/h7-10,15H,2-6,11-12H2,1H3,(H2,19,20,23). The zero-order chi connectivity index (χ0) is 17.5. The molecule has 134 valence electrons. The molecular formula is C18H24N4O3. The fourth-order valence-corrected chi connectivity index (χ4v) is 2.71. The number of aromatic nitrogens is 2. The molecule has 25 heavy (non-hydrogen) atoms. The average Bonchev–Trinajstić information content (AvgIpc) is 3.30. The van der Waals surface area contributed by atoms with Gasteiger partial charge in [-0.05, 0) is 43.4 Å². The van der Waals surface area contributed by atoms with Gasteiger partial charge in [0, 0.05) is 12.3 Å². The lowest BCUT2D eigenvalue weighted by atomic mass is 10.1. The van der Waals surface area contributed by atoms with Gasteiger partial charge in [0.1, 0.15) is 6.10 Å². The lowest BCUT2D eigenvalue weighted by Crippen LogP contribution is -2.28. The highest BCUT2D eigenvalue weighted by Crippen LogP contribution is 2.26. The average molecular weight is 344 g/mol. The van der Waals surface area contributed by atoms with Crippen molar-refractivity contribution in [1.82, 2.24) is 15.5 Å². The highest BCUT2D eigenvalue weighted by molar-refractivity contribution is 5.89. The SMILES string of the molecule is CCCCc1ccc(NC(=O)NCc2noc(C3CCCO3)n2)cc1. The molecule has 2 N–H and O–H groups in total. The largest absolute Gasteiger partial charge is 0.368 e. The number of nitrogens with zero attached hydrogens (tertiary/aromatic N) is 2. The minimum atomic E-state index is -0.301. The second-order valence-corrected chi connectivity index (χ2v) is 6.16. The third-order valence-corrected chi connectivity index (χ3v) is 4.13. The Morgan fingerprint density at radius 1 is 1.32 bits per heavy atom. The van der Waals surface area contributed by atoms with Gasteiger partial charge in [-0.3, -0.25) is 0 Å². The van der Waals surface area contributed by atoms with Gasteiger partial charge in [-0.1, -0.05) is 30.6 Å². The molecule has 2 amide bonds. The molecule has 1 aromatic heterocycles. The Morgan fingerprint density at radius 2 is 2.16 bits per heavy atom. The van der Waals surface area contributed by atoms with Crippen LogP contribution in [0.4, 0.5) is 10.5 Å². The first-order chi connectivity index (χ1) is 12.2. The second-order valence-electron chi connectivity index (χ2n) is 6.16. The highest BCUT2D eigenvalue weighted by atomic mass is 16.5. The third-order valence-electron chi connectivity index (χ3n) is 4.13. The summed E-state index contributed by atoms with van der Waals surface area (Å²) in [5.41, 5.74) is 2.03. The Bertz CT molecular complexity index is 678. The van der Waals surface area contributed by atoms with Crippen LogP contribution in [0.1, 0.15) is 56.0 Å². The number of aryl methyl sites for hydroxylation is 1. The van der Waals surface area contributed by atoms with Crippen LogP contribution in [-0.2, 0) is 17.7 Å². The minimum Gasteiger partial charge on any atom is -0.368 e. The molecule has 1 aromatic carbocycles. The van der Waals surface area contributed by atoms with Crippen molar-refractivity contribution >= 4 is 11.7 Å². The first-order valence-electron chi connectivity index (χ1n) is 8.82. The number of ether oxygens (including phenoxy) is 1. The molecule has 0 aliphatic carbocycles. The van der Waals surface area contributed by atoms with Gasteiger partial charge >= 0.3 is 6.03 Å². The van der Waals surface area contributed by atoms with Gasteiger partial charge < -0.3 is 19.9 Å². The van der Waals surface area contributed by atoms with Crippen LogP contribution in [0.2, 0.25) is 0 Å². The number of rotatable bonds is 7. The van der Waals surface area contributed by atoms with E-state index in [-0.39, 0.29) is 18.7 Å². The van der Waals surface area contributed by atoms with E-state index in [1.165, 1.54) is 18.4 Å². The molecule has 1 fully saturated rings. The van der Waals surface area contributed by atoms with Crippen LogP contribution >= 0.6 is 0 Å². The number of hydrogen-bond acceptors (Lipinski definition) is 5. The Morgan fingerprint density at radius 3 is 2.88 bits per heavy atom. The summed E-state index contributed by atoms with van der Waals surface area (Å²) in [4.78, 5) is 16.2. The zero-order valence-corrected chi connectivity index (χ0v) is 14.5. The van der Waals surface area contributed by atoms with Gasteiger partial charge in [0.05, 0.1) is 6.54 Å². The summed E-state index contributed by atoms with van der Waals surface area (Å²) in [6.45, 7) is 3.10. The summed E-state index contributed by atoms with van der Waals surface area (Å²) in [5.74, 6) is 0.924. The summed E-state index contributed by atoms with van der Waals surface area (Å²) >= 11 is 0. The van der Waals surface area contributed by atoms with E-state index in [4.69, 9.17) is 9.26 Å². The van der Waals surface area contributed by atoms with Gasteiger partial charge in [0.25, 0.3) is 5.89 Å². The second kappa shape index (κ2) is 8.62. The van der Waals surface area contributed by atoms with Gasteiger partial charge in [-0.15, -0.1) is 0 Å². The van der Waals surface area contributed by atoms with Crippen molar-refractivity contribution in [2.75, 3.05) is 11.9 Å². The molecule has 1 aliphatic rings. The Balaban J connectivity index is 1.44. The maximum atomic E-state index is 12.0. The van der Waals surface area contributed by atoms with Crippen LogP contribution < -0.4 is 10.6 Å². The monoisotopic (exact) mass is 344 g/mol. The van der Waals surface area contributed by atoms with Gasteiger partial charge in [0.2, 0.25) is 0 Å². The number of unbranched alkanes of at least 4 members (excludes halogenated alkanes) is 1. The fraction of sp³-hybridized carbons (Fsp3) is 0.500. The number of anilines is 1. The first kappa shape index (κ1) is 17.4. The van der Waals surface area contributed by atoms with Gasteiger partial charge in [-0.2, -0.15) is 4.98 Å². The Kier molecular flexibility index (Phi) is 6.00. The van der Waals surface area contributed by atoms with Crippen molar-refractivity contribution in [3.63, 3.8) is 0 Å². The van der Waals surface area contributed by atoms with E-state index in [1.54, 1.807) is 0 Å². The number of urea groups is 1. The van der Waals surface area contributed by atoms with Crippen molar-refractivity contribution in [2.24, 2.45) is 0 Å². The molecule has 1 saturated heterocycles. The number of nitrogens with one attached hydrogen (secondary N) is 2. The van der Waals surface area contributed by atoms with Gasteiger partial charge in [-0.25, -0.2) is 4.79 Å². The molecule has 7 heteroatoms. The maximum Gasteiger partial charge on any atom is 0.319 e. The van der Waals surface area contributed by atoms with Crippen LogP contribution in [0.5, 0.6) is 0 Å². The molecule has 2 aromatic rings. The molecule has 0 radical (unpaired) electrons. The predicted molar refractivity (Wildman–Crippen MR) is 93.1 cm³/mol. The maximum absolute atomic E-state index is 12.0. The number of carbonyl (C=O) groups excluding carboxylic acids is 1. The first-order valence-corrected chi connectivity index (χ1v) is 8.82. The van der Waals surface area contributed by atoms with E-state index in [1.807, 2.05) is 24.3 Å². The third kappa shape index (κ3) is 5.03. The number of amides is 2. The van der Waals surface area contributed by atoms with Crippen LogP contribution in [0.25, 0.3) is 0 Å². The molecule has 1 atom stereocenters. The van der Waals surface area contributed by atoms with Gasteiger partial charge in [0.15, 0.2) is 5.82 Å². The van der Waals surface area contributed by atoms with Crippen LogP contribution in [-0.4, -0.2) is 22.8 Å². The smallest absolute Gasteiger partial charge is 0.319 e. The zero-order valence-electron chi connectivity index (χ0n) is 14.5. The topological polar surface area (TPSA) is 89.3 Å².